The highest BCUT2D eigenvalue weighted by molar-refractivity contribution is 7.22. The third kappa shape index (κ3) is 4.27. The fourth-order valence-corrected chi connectivity index (χ4v) is 5.53. The van der Waals surface area contributed by atoms with Gasteiger partial charge in [-0.1, -0.05) is 23.5 Å². The molecule has 1 N–H and O–H groups in total. The highest BCUT2D eigenvalue weighted by Gasteiger charge is 2.23. The molecule has 1 fully saturated rings. The van der Waals surface area contributed by atoms with E-state index in [2.05, 4.69) is 26.0 Å². The molecule has 1 aromatic carbocycles. The van der Waals surface area contributed by atoms with Crippen LogP contribution in [0.25, 0.3) is 10.2 Å². The van der Waals surface area contributed by atoms with Gasteiger partial charge in [0.2, 0.25) is 0 Å². The number of nitrogens with one attached hydrogen (secondary N) is 1. The van der Waals surface area contributed by atoms with Gasteiger partial charge in [-0.25, -0.2) is 4.98 Å². The van der Waals surface area contributed by atoms with Crippen molar-refractivity contribution in [2.24, 2.45) is 0 Å². The van der Waals surface area contributed by atoms with E-state index in [1.807, 2.05) is 22.4 Å². The number of morpholine rings is 1. The van der Waals surface area contributed by atoms with Crippen molar-refractivity contribution in [1.29, 1.82) is 0 Å². The van der Waals surface area contributed by atoms with Gasteiger partial charge in [-0.15, -0.1) is 11.3 Å². The van der Waals surface area contributed by atoms with Gasteiger partial charge in [0.05, 0.1) is 34.9 Å². The number of nitrogens with zero attached hydrogens (tertiary/aromatic N) is 2. The van der Waals surface area contributed by atoms with Crippen LogP contribution >= 0.6 is 22.7 Å². The van der Waals surface area contributed by atoms with E-state index in [4.69, 9.17) is 9.72 Å². The van der Waals surface area contributed by atoms with Crippen molar-refractivity contribution in [2.75, 3.05) is 44.3 Å². The minimum Gasteiger partial charge on any atom is -0.370 e. The Hall–Kier alpha value is -1.80. The van der Waals surface area contributed by atoms with Crippen molar-refractivity contribution < 1.29 is 14.4 Å². The van der Waals surface area contributed by atoms with E-state index in [1.165, 1.54) is 22.5 Å². The van der Waals surface area contributed by atoms with Crippen LogP contribution in [0.3, 0.4) is 0 Å². The Kier molecular flexibility index (Phi) is 6.06. The number of hydrogen-bond donors (Lipinski definition) is 1. The number of carbonyl (C=O) groups excluding carboxylic acids is 1. The fraction of sp³-hybridized carbons (Fsp3) is 0.429. The van der Waals surface area contributed by atoms with Gasteiger partial charge in [-0.3, -0.25) is 9.69 Å². The van der Waals surface area contributed by atoms with Crippen LogP contribution in [-0.2, 0) is 4.74 Å². The van der Waals surface area contributed by atoms with Crippen LogP contribution in [-0.4, -0.2) is 50.3 Å². The molecule has 0 bridgehead atoms. The Morgan fingerprint density at radius 3 is 2.86 bits per heavy atom. The summed E-state index contributed by atoms with van der Waals surface area (Å²) in [6, 6.07) is 8.14. The first-order chi connectivity index (χ1) is 13.6. The van der Waals surface area contributed by atoms with Crippen LogP contribution in [0.1, 0.15) is 27.2 Å². The molecule has 28 heavy (non-hydrogen) atoms. The number of amides is 1. The number of anilines is 1. The van der Waals surface area contributed by atoms with Gasteiger partial charge in [0.25, 0.3) is 5.91 Å². The van der Waals surface area contributed by atoms with E-state index >= 15 is 0 Å². The normalized spacial score (nSPS) is 15.2. The van der Waals surface area contributed by atoms with Gasteiger partial charge in [0, 0.05) is 13.0 Å². The van der Waals surface area contributed by atoms with Crippen LogP contribution in [0.4, 0.5) is 5.13 Å². The smallest absolute Gasteiger partial charge is 0.270 e. The molecule has 1 aliphatic heterocycles. The minimum absolute atomic E-state index is 0.0559. The topological polar surface area (TPSA) is 46.9 Å². The molecule has 0 saturated carbocycles. The molecule has 1 amide bonds. The second kappa shape index (κ2) is 8.69. The number of carbonyl (C=O) groups is 1. The van der Waals surface area contributed by atoms with Gasteiger partial charge in [0.15, 0.2) is 5.13 Å². The van der Waals surface area contributed by atoms with E-state index in [0.717, 1.165) is 59.5 Å². The van der Waals surface area contributed by atoms with Crippen LogP contribution in [0.5, 0.6) is 0 Å². The summed E-state index contributed by atoms with van der Waals surface area (Å²) in [4.78, 5) is 22.3. The average Bonchev–Trinajstić information content (AvgIpc) is 3.35. The van der Waals surface area contributed by atoms with Crippen LogP contribution in [0.15, 0.2) is 29.6 Å². The SMILES string of the molecule is Cc1cc(C)c2nc(N(CCC[NH+]3CCOCC3)C(=O)c3cccs3)sc2c1. The summed E-state index contributed by atoms with van der Waals surface area (Å²) in [5.74, 6) is 0.0559. The number of thiazole rings is 1. The van der Waals surface area contributed by atoms with E-state index in [0.29, 0.717) is 6.54 Å². The third-order valence-electron chi connectivity index (χ3n) is 5.14. The largest absolute Gasteiger partial charge is 0.370 e. The van der Waals surface area contributed by atoms with Crippen molar-refractivity contribution in [3.8, 4) is 0 Å². The van der Waals surface area contributed by atoms with E-state index < -0.39 is 0 Å². The van der Waals surface area contributed by atoms with Gasteiger partial charge < -0.3 is 9.64 Å². The molecule has 3 aromatic rings. The number of hydrogen-bond acceptors (Lipinski definition) is 5. The zero-order valence-corrected chi connectivity index (χ0v) is 18.0. The Morgan fingerprint density at radius 2 is 2.11 bits per heavy atom. The van der Waals surface area contributed by atoms with E-state index in [9.17, 15) is 4.79 Å². The molecule has 148 valence electrons. The zero-order valence-electron chi connectivity index (χ0n) is 16.4. The summed E-state index contributed by atoms with van der Waals surface area (Å²) in [6.07, 6.45) is 0.959. The zero-order chi connectivity index (χ0) is 19.5. The number of thiophene rings is 1. The number of fused-ring (bicyclic) bond motifs is 1. The number of quaternary nitrogens is 1. The number of benzene rings is 1. The molecule has 4 rings (SSSR count). The molecule has 7 heteroatoms. The maximum absolute atomic E-state index is 13.2. The lowest BCUT2D eigenvalue weighted by Gasteiger charge is -2.25. The fourth-order valence-electron chi connectivity index (χ4n) is 3.69. The Bertz CT molecular complexity index is 946. The first kappa shape index (κ1) is 19.5. The third-order valence-corrected chi connectivity index (χ3v) is 7.02. The lowest BCUT2D eigenvalue weighted by atomic mass is 10.1. The van der Waals surface area contributed by atoms with Crippen molar-refractivity contribution >= 4 is 43.9 Å². The molecule has 0 aliphatic carbocycles. The molecule has 0 radical (unpaired) electrons. The lowest BCUT2D eigenvalue weighted by molar-refractivity contribution is -0.908. The molecule has 1 saturated heterocycles. The summed E-state index contributed by atoms with van der Waals surface area (Å²) in [6.45, 7) is 9.72. The number of ether oxygens (including phenoxy) is 1. The number of rotatable bonds is 6. The predicted octanol–water partition coefficient (Wildman–Crippen LogP) is 2.93. The Labute approximate surface area is 173 Å². The molecular formula is C21H26N3O2S2+. The average molecular weight is 417 g/mol. The second-order valence-corrected chi connectivity index (χ2v) is 9.28. The van der Waals surface area contributed by atoms with Gasteiger partial charge in [0.1, 0.15) is 13.1 Å². The van der Waals surface area contributed by atoms with Gasteiger partial charge >= 0.3 is 0 Å². The van der Waals surface area contributed by atoms with E-state index in [-0.39, 0.29) is 5.91 Å². The second-order valence-electron chi connectivity index (χ2n) is 7.33. The molecule has 3 heterocycles. The van der Waals surface area contributed by atoms with Crippen molar-refractivity contribution in [1.82, 2.24) is 4.98 Å². The lowest BCUT2D eigenvalue weighted by Crippen LogP contribution is -3.14. The quantitative estimate of drug-likeness (QED) is 0.672. The van der Waals surface area contributed by atoms with Crippen molar-refractivity contribution in [2.45, 2.75) is 20.3 Å². The minimum atomic E-state index is 0.0559. The molecule has 0 atom stereocenters. The standard InChI is InChI=1S/C21H25N3O2S2/c1-15-13-16(2)19-18(14-15)28-21(22-19)24(20(25)17-5-3-12-27-17)7-4-6-23-8-10-26-11-9-23/h3,5,12-14H,4,6-11H2,1-2H3/p+1. The number of aromatic nitrogens is 1. The maximum atomic E-state index is 13.2. The number of aryl methyl sites for hydroxylation is 2. The van der Waals surface area contributed by atoms with Gasteiger partial charge in [-0.05, 0) is 42.5 Å². The van der Waals surface area contributed by atoms with E-state index in [1.54, 1.807) is 16.2 Å². The monoisotopic (exact) mass is 416 g/mol. The molecular weight excluding hydrogens is 390 g/mol. The maximum Gasteiger partial charge on any atom is 0.270 e. The first-order valence-electron chi connectivity index (χ1n) is 9.76. The highest BCUT2D eigenvalue weighted by Crippen LogP contribution is 2.32. The Balaban J connectivity index is 1.57. The molecule has 2 aromatic heterocycles. The highest BCUT2D eigenvalue weighted by atomic mass is 32.1. The predicted molar refractivity (Wildman–Crippen MR) is 116 cm³/mol. The van der Waals surface area contributed by atoms with Crippen LogP contribution in [0, 0.1) is 13.8 Å². The van der Waals surface area contributed by atoms with Gasteiger partial charge in [-0.2, -0.15) is 0 Å². The molecule has 0 unspecified atom stereocenters. The summed E-state index contributed by atoms with van der Waals surface area (Å²) in [5.41, 5.74) is 3.40. The van der Waals surface area contributed by atoms with Crippen LogP contribution in [0.2, 0.25) is 0 Å². The summed E-state index contributed by atoms with van der Waals surface area (Å²) < 4.78 is 6.59. The molecule has 1 aliphatic rings. The molecule has 0 spiro atoms. The van der Waals surface area contributed by atoms with Crippen molar-refractivity contribution in [3.05, 3.63) is 45.6 Å². The molecule has 5 nitrogen and oxygen atoms in total. The van der Waals surface area contributed by atoms with Crippen molar-refractivity contribution in [3.63, 3.8) is 0 Å². The summed E-state index contributed by atoms with van der Waals surface area (Å²) in [7, 11) is 0. The summed E-state index contributed by atoms with van der Waals surface area (Å²) >= 11 is 3.11. The van der Waals surface area contributed by atoms with Crippen LogP contribution < -0.4 is 9.80 Å². The first-order valence-corrected chi connectivity index (χ1v) is 11.5. The summed E-state index contributed by atoms with van der Waals surface area (Å²) in [5, 5.41) is 2.76. The Morgan fingerprint density at radius 1 is 1.29 bits per heavy atom.